The van der Waals surface area contributed by atoms with Crippen LogP contribution in [0.3, 0.4) is 0 Å². The molecule has 2 bridgehead atoms. The van der Waals surface area contributed by atoms with Crippen LogP contribution in [0.4, 0.5) is 17.1 Å². The van der Waals surface area contributed by atoms with Crippen molar-refractivity contribution in [3.05, 3.63) is 268 Å². The standard InChI is InChI=1S/C59H41N/c1-5-17-39(18-6-1)41-29-33-54-53(37-41)58-36-35-49(47-26-13-15-27-50(47)58)56-45(40-19-7-2-8-20-40)32-34-55(57(56)58)60(54)44-30-31-48-46-25-14-16-28-51(46)59(52(48)38-44,42-21-9-3-10-22-42)43-23-11-4-12-24-43/h1-34,37-38,49H,35-36H2. The lowest BCUT2D eigenvalue weighted by Gasteiger charge is -2.55. The van der Waals surface area contributed by atoms with Crippen LogP contribution in [0.1, 0.15) is 68.8 Å². The Morgan fingerprint density at radius 3 is 1.72 bits per heavy atom. The predicted octanol–water partition coefficient (Wildman–Crippen LogP) is 14.7. The molecule has 2 atom stereocenters. The van der Waals surface area contributed by atoms with Crippen LogP contribution in [-0.4, -0.2) is 0 Å². The fourth-order valence-electron chi connectivity index (χ4n) is 12.2. The van der Waals surface area contributed by atoms with Crippen molar-refractivity contribution in [1.29, 1.82) is 0 Å². The van der Waals surface area contributed by atoms with Gasteiger partial charge in [0, 0.05) is 17.0 Å². The first kappa shape index (κ1) is 33.7. The zero-order chi connectivity index (χ0) is 39.4. The molecule has 282 valence electrons. The van der Waals surface area contributed by atoms with Crippen molar-refractivity contribution >= 4 is 17.1 Å². The number of benzene rings is 9. The molecular weight excluding hydrogens is 723 g/mol. The van der Waals surface area contributed by atoms with Gasteiger partial charge in [-0.2, -0.15) is 0 Å². The van der Waals surface area contributed by atoms with Crippen LogP contribution in [0.15, 0.2) is 218 Å². The molecule has 5 aliphatic rings. The molecule has 0 N–H and O–H groups in total. The van der Waals surface area contributed by atoms with Gasteiger partial charge in [0.2, 0.25) is 0 Å². The summed E-state index contributed by atoms with van der Waals surface area (Å²) in [6.45, 7) is 0. The highest BCUT2D eigenvalue weighted by Gasteiger charge is 2.55. The summed E-state index contributed by atoms with van der Waals surface area (Å²) < 4.78 is 0. The fourth-order valence-corrected chi connectivity index (χ4v) is 12.2. The average molecular weight is 764 g/mol. The Morgan fingerprint density at radius 2 is 0.983 bits per heavy atom. The highest BCUT2D eigenvalue weighted by atomic mass is 15.2. The lowest BCUT2D eigenvalue weighted by atomic mass is 9.50. The second-order valence-corrected chi connectivity index (χ2v) is 17.1. The van der Waals surface area contributed by atoms with E-state index in [-0.39, 0.29) is 5.41 Å². The first-order valence-corrected chi connectivity index (χ1v) is 21.4. The maximum Gasteiger partial charge on any atom is 0.0714 e. The minimum Gasteiger partial charge on any atom is -0.310 e. The number of hydrogen-bond acceptors (Lipinski definition) is 1. The maximum atomic E-state index is 2.62. The first-order valence-electron chi connectivity index (χ1n) is 21.4. The molecule has 9 aromatic carbocycles. The van der Waals surface area contributed by atoms with E-state index in [2.05, 4.69) is 223 Å². The van der Waals surface area contributed by atoms with E-state index in [1.54, 1.807) is 0 Å². The van der Waals surface area contributed by atoms with Crippen molar-refractivity contribution in [2.24, 2.45) is 0 Å². The number of anilines is 3. The second kappa shape index (κ2) is 12.6. The normalized spacial score (nSPS) is 18.2. The highest BCUT2D eigenvalue weighted by Crippen LogP contribution is 2.68. The topological polar surface area (TPSA) is 3.24 Å². The Balaban J connectivity index is 1.13. The summed E-state index contributed by atoms with van der Waals surface area (Å²) in [4.78, 5) is 2.62. The van der Waals surface area contributed by atoms with E-state index in [1.807, 2.05) is 0 Å². The molecule has 9 aromatic rings. The Morgan fingerprint density at radius 1 is 0.400 bits per heavy atom. The van der Waals surface area contributed by atoms with Gasteiger partial charge < -0.3 is 4.90 Å². The van der Waals surface area contributed by atoms with Crippen LogP contribution >= 0.6 is 0 Å². The van der Waals surface area contributed by atoms with E-state index in [4.69, 9.17) is 0 Å². The molecule has 0 fully saturated rings. The van der Waals surface area contributed by atoms with Gasteiger partial charge in [-0.25, -0.2) is 0 Å². The van der Waals surface area contributed by atoms with Crippen molar-refractivity contribution in [3.8, 4) is 33.4 Å². The van der Waals surface area contributed by atoms with Gasteiger partial charge in [0.05, 0.1) is 16.8 Å². The van der Waals surface area contributed by atoms with E-state index in [9.17, 15) is 0 Å². The fraction of sp³-hybridized carbons (Fsp3) is 0.0847. The van der Waals surface area contributed by atoms with Crippen molar-refractivity contribution in [3.63, 3.8) is 0 Å². The van der Waals surface area contributed by atoms with Crippen molar-refractivity contribution in [2.45, 2.75) is 29.6 Å². The minimum atomic E-state index is -0.490. The van der Waals surface area contributed by atoms with Gasteiger partial charge in [0.15, 0.2) is 0 Å². The Hall–Kier alpha value is -7.22. The molecule has 4 aliphatic carbocycles. The Kier molecular flexibility index (Phi) is 7.10. The number of rotatable bonds is 5. The van der Waals surface area contributed by atoms with Crippen LogP contribution in [-0.2, 0) is 10.8 Å². The van der Waals surface area contributed by atoms with E-state index in [0.717, 1.165) is 12.8 Å². The third kappa shape index (κ3) is 4.37. The quantitative estimate of drug-likeness (QED) is 0.169. The molecule has 14 rings (SSSR count). The van der Waals surface area contributed by atoms with Crippen LogP contribution in [0.2, 0.25) is 0 Å². The monoisotopic (exact) mass is 763 g/mol. The molecule has 1 nitrogen and oxygen atoms in total. The van der Waals surface area contributed by atoms with Gasteiger partial charge in [0.1, 0.15) is 0 Å². The highest BCUT2D eigenvalue weighted by molar-refractivity contribution is 5.96. The van der Waals surface area contributed by atoms with Gasteiger partial charge >= 0.3 is 0 Å². The molecule has 0 radical (unpaired) electrons. The van der Waals surface area contributed by atoms with Gasteiger partial charge in [-0.15, -0.1) is 0 Å². The first-order chi connectivity index (χ1) is 29.8. The van der Waals surface area contributed by atoms with Crippen LogP contribution < -0.4 is 4.90 Å². The number of fused-ring (bicyclic) bond motifs is 5. The molecule has 2 unspecified atom stereocenters. The summed E-state index contributed by atoms with van der Waals surface area (Å²) in [7, 11) is 0. The number of nitrogens with zero attached hydrogens (tertiary/aromatic N) is 1. The van der Waals surface area contributed by atoms with Crippen molar-refractivity contribution in [1.82, 2.24) is 0 Å². The smallest absolute Gasteiger partial charge is 0.0714 e. The summed E-state index contributed by atoms with van der Waals surface area (Å²) >= 11 is 0. The van der Waals surface area contributed by atoms with E-state index >= 15 is 0 Å². The SMILES string of the molecule is c1ccc(-c2ccc3c(c2)C24CCC(c5ccccc52)c2c(-c5ccccc5)ccc(c24)N3c2ccc3c(c2)C(c2ccccc2)(c2ccccc2)c2ccccc2-3)cc1. The van der Waals surface area contributed by atoms with Gasteiger partial charge in [-0.1, -0.05) is 188 Å². The lowest BCUT2D eigenvalue weighted by Crippen LogP contribution is -2.45. The molecule has 0 amide bonds. The van der Waals surface area contributed by atoms with E-state index < -0.39 is 5.41 Å². The molecule has 0 saturated carbocycles. The molecule has 60 heavy (non-hydrogen) atoms. The van der Waals surface area contributed by atoms with Crippen LogP contribution in [0, 0.1) is 0 Å². The van der Waals surface area contributed by atoms with Gasteiger partial charge in [0.25, 0.3) is 0 Å². The summed E-state index contributed by atoms with van der Waals surface area (Å²) in [6, 6.07) is 82.4. The molecule has 1 aliphatic heterocycles. The molecular formula is C59H41N. The van der Waals surface area contributed by atoms with Gasteiger partial charge in [-0.3, -0.25) is 0 Å². The molecule has 0 aromatic heterocycles. The van der Waals surface area contributed by atoms with Crippen molar-refractivity contribution < 1.29 is 0 Å². The Labute approximate surface area is 351 Å². The third-order valence-corrected chi connectivity index (χ3v) is 14.4. The average Bonchev–Trinajstić information content (AvgIpc) is 3.63. The van der Waals surface area contributed by atoms with Crippen molar-refractivity contribution in [2.75, 3.05) is 4.90 Å². The summed E-state index contributed by atoms with van der Waals surface area (Å²) in [5.41, 5.74) is 23.3. The van der Waals surface area contributed by atoms with E-state index in [1.165, 1.54) is 101 Å². The van der Waals surface area contributed by atoms with Gasteiger partial charge in [-0.05, 0) is 127 Å². The van der Waals surface area contributed by atoms with Crippen LogP contribution in [0.5, 0.6) is 0 Å². The molecule has 1 spiro atoms. The minimum absolute atomic E-state index is 0.289. The zero-order valence-electron chi connectivity index (χ0n) is 33.2. The predicted molar refractivity (Wildman–Crippen MR) is 247 cm³/mol. The molecule has 0 saturated heterocycles. The largest absolute Gasteiger partial charge is 0.310 e. The lowest BCUT2D eigenvalue weighted by molar-refractivity contribution is 0.426. The summed E-state index contributed by atoms with van der Waals surface area (Å²) in [5.74, 6) is 0.326. The summed E-state index contributed by atoms with van der Waals surface area (Å²) in [5, 5.41) is 0. The third-order valence-electron chi connectivity index (χ3n) is 14.4. The summed E-state index contributed by atoms with van der Waals surface area (Å²) in [6.07, 6.45) is 2.20. The maximum absolute atomic E-state index is 2.62. The van der Waals surface area contributed by atoms with E-state index in [0.29, 0.717) is 5.92 Å². The molecule has 1 heterocycles. The number of hydrogen-bond donors (Lipinski definition) is 0. The van der Waals surface area contributed by atoms with Crippen LogP contribution in [0.25, 0.3) is 33.4 Å². The second-order valence-electron chi connectivity index (χ2n) is 17.1. The Bertz CT molecular complexity index is 3110. The zero-order valence-corrected chi connectivity index (χ0v) is 33.2. The molecule has 1 heteroatoms.